The number of hydrogen-bond acceptors (Lipinski definition) is 16. The van der Waals surface area contributed by atoms with Crippen molar-refractivity contribution in [3.05, 3.63) is 96.0 Å². The first-order valence-electron chi connectivity index (χ1n) is 23.9. The molecule has 1 radical (unpaired) electrons. The molecule has 1 fully saturated rings. The number of terminal acetylenes is 1. The topological polar surface area (TPSA) is 225 Å². The Morgan fingerprint density at radius 2 is 1.04 bits per heavy atom. The second-order valence-corrected chi connectivity index (χ2v) is 20.9. The maximum absolute atomic E-state index is 12.1. The molecule has 3 aromatic rings. The molecule has 2 unspecified atom stereocenters. The van der Waals surface area contributed by atoms with Crippen LogP contribution in [0.3, 0.4) is 0 Å². The van der Waals surface area contributed by atoms with E-state index in [1.165, 1.54) is 21.9 Å². The molecule has 0 saturated carbocycles. The van der Waals surface area contributed by atoms with Crippen LogP contribution >= 0.6 is 0 Å². The van der Waals surface area contributed by atoms with Crippen LogP contribution in [0, 0.1) is 12.3 Å². The Morgan fingerprint density at radius 3 is 1.38 bits per heavy atom. The zero-order chi connectivity index (χ0) is 56.1. The molecule has 5 rings (SSSR count). The smallest absolute Gasteiger partial charge is 0.524 e. The van der Waals surface area contributed by atoms with Gasteiger partial charge in [0.05, 0.1) is 36.6 Å². The molecule has 405 valence electrons. The molecule has 20 heteroatoms. The largest absolute Gasteiger partial charge is 0.658 e. The van der Waals surface area contributed by atoms with Crippen molar-refractivity contribution in [3.8, 4) is 35.3 Å². The van der Waals surface area contributed by atoms with E-state index in [0.717, 1.165) is 22.6 Å². The average Bonchev–Trinajstić information content (AvgIpc) is 3.85. The van der Waals surface area contributed by atoms with Crippen molar-refractivity contribution >= 4 is 38.9 Å². The Kier molecular flexibility index (Phi) is 24.4. The standard InChI is InChI=1S/C24H36BNO7.C18H23NO5.C6H4BO2.C6H14O2/c1-22(2,3)31-21(28)26-19(20(27)29-8)16-17-10-12-18(13-11-17)30-15-9-14-25-32-23(4,5)24(6,7)33-25;1-6-11-23-14-9-7-13(8-10-14)12-15(16(20)22-5)19-17(21)24-18(2,3)4;1-2-4-6-5(3-1)8-7-9-6;1-5(2,7)6(3,4)8/h9-14,19H,15-16H2,1-8H3,(H,26,28);1,7-10,15H,11-12H2,2-5H3,(H,19,21);1-4H;7-8H,1-4H3/b14-9+;;;. The molecule has 2 atom stereocenters. The van der Waals surface area contributed by atoms with Gasteiger partial charge >= 0.3 is 38.9 Å². The number of rotatable bonds is 15. The predicted octanol–water partition coefficient (Wildman–Crippen LogP) is 7.69. The van der Waals surface area contributed by atoms with Crippen molar-refractivity contribution < 1.29 is 76.4 Å². The molecule has 2 amide bonds. The minimum absolute atomic E-state index is 0.185. The number of alkyl carbamates (subject to hydrolysis) is 2. The zero-order valence-electron chi connectivity index (χ0n) is 45.9. The molecule has 2 aliphatic rings. The lowest BCUT2D eigenvalue weighted by Crippen LogP contribution is -2.45. The number of carbonyl (C=O) groups is 4. The average molecular weight is 1030 g/mol. The third kappa shape index (κ3) is 23.7. The first kappa shape index (κ1) is 63.7. The minimum atomic E-state index is -1.01. The zero-order valence-corrected chi connectivity index (χ0v) is 45.9. The lowest BCUT2D eigenvalue weighted by atomic mass is 9.90. The van der Waals surface area contributed by atoms with Gasteiger partial charge < -0.3 is 67.9 Å². The fraction of sp³-hybridized carbons (Fsp3) is 0.519. The highest BCUT2D eigenvalue weighted by molar-refractivity contribution is 6.51. The quantitative estimate of drug-likeness (QED) is 0.0495. The van der Waals surface area contributed by atoms with Crippen molar-refractivity contribution in [3.63, 3.8) is 0 Å². The maximum atomic E-state index is 12.1. The van der Waals surface area contributed by atoms with Crippen LogP contribution in [0.1, 0.15) is 108 Å². The van der Waals surface area contributed by atoms with Crippen molar-refractivity contribution in [2.45, 2.75) is 155 Å². The van der Waals surface area contributed by atoms with Gasteiger partial charge in [0.1, 0.15) is 59.5 Å². The van der Waals surface area contributed by atoms with Crippen LogP contribution in [0.2, 0.25) is 0 Å². The van der Waals surface area contributed by atoms with Gasteiger partial charge in [-0.2, -0.15) is 0 Å². The van der Waals surface area contributed by atoms with Crippen LogP contribution in [-0.2, 0) is 50.7 Å². The van der Waals surface area contributed by atoms with E-state index in [1.54, 1.807) is 106 Å². The molecule has 0 bridgehead atoms. The summed E-state index contributed by atoms with van der Waals surface area (Å²) in [7, 11) is 3.46. The number of para-hydroxylation sites is 2. The van der Waals surface area contributed by atoms with Gasteiger partial charge in [0, 0.05) is 12.8 Å². The number of nitrogens with one attached hydrogen (secondary N) is 2. The second kappa shape index (κ2) is 28.3. The molecule has 0 spiro atoms. The van der Waals surface area contributed by atoms with E-state index in [0.29, 0.717) is 18.1 Å². The van der Waals surface area contributed by atoms with Crippen molar-refractivity contribution in [1.29, 1.82) is 0 Å². The van der Waals surface area contributed by atoms with Gasteiger partial charge in [-0.3, -0.25) is 0 Å². The van der Waals surface area contributed by atoms with Crippen LogP contribution in [0.5, 0.6) is 23.0 Å². The van der Waals surface area contributed by atoms with Gasteiger partial charge in [-0.05, 0) is 144 Å². The van der Waals surface area contributed by atoms with Crippen LogP contribution < -0.4 is 29.4 Å². The number of aliphatic hydroxyl groups is 2. The number of hydrogen-bond donors (Lipinski definition) is 4. The lowest BCUT2D eigenvalue weighted by molar-refractivity contribution is -0.143. The summed E-state index contributed by atoms with van der Waals surface area (Å²) in [6, 6.07) is 20.2. The molecular formula is C54H77B2N2O16. The number of amides is 2. The summed E-state index contributed by atoms with van der Waals surface area (Å²) in [6.07, 6.45) is 6.16. The summed E-state index contributed by atoms with van der Waals surface area (Å²) in [5.74, 6) is 6.01. The first-order chi connectivity index (χ1) is 34.2. The van der Waals surface area contributed by atoms with Gasteiger partial charge in [-0.15, -0.1) is 6.42 Å². The number of benzene rings is 3. The summed E-state index contributed by atoms with van der Waals surface area (Å²) >= 11 is 0. The van der Waals surface area contributed by atoms with E-state index >= 15 is 0 Å². The minimum Gasteiger partial charge on any atom is -0.524 e. The summed E-state index contributed by atoms with van der Waals surface area (Å²) in [5, 5.41) is 23.3. The molecule has 18 nitrogen and oxygen atoms in total. The summed E-state index contributed by atoms with van der Waals surface area (Å²) in [4.78, 5) is 47.9. The van der Waals surface area contributed by atoms with Crippen molar-refractivity contribution in [2.75, 3.05) is 27.4 Å². The third-order valence-corrected chi connectivity index (χ3v) is 11.0. The molecule has 3 aromatic carbocycles. The SMILES string of the molecule is C#CCOc1ccc(CC(NC(=O)OC(C)(C)C)C(=O)OC)cc1.CC(C)(O)C(C)(C)O.COC(=O)C(Cc1ccc(OC/C=C/B2OC(C)(C)C(C)(C)O2)cc1)NC(=O)OC(C)(C)C.[B]1Oc2ccccc2O1. The van der Waals surface area contributed by atoms with Gasteiger partial charge in [0.2, 0.25) is 0 Å². The van der Waals surface area contributed by atoms with E-state index in [9.17, 15) is 19.2 Å². The number of ether oxygens (including phenoxy) is 6. The van der Waals surface area contributed by atoms with Gasteiger partial charge in [-0.1, -0.05) is 54.4 Å². The van der Waals surface area contributed by atoms with E-state index in [1.807, 2.05) is 76.1 Å². The molecular weight excluding hydrogens is 954 g/mol. The molecule has 4 N–H and O–H groups in total. The number of fused-ring (bicyclic) bond motifs is 1. The Labute approximate surface area is 438 Å². The highest BCUT2D eigenvalue weighted by Crippen LogP contribution is 2.37. The van der Waals surface area contributed by atoms with E-state index in [-0.39, 0.29) is 30.7 Å². The Bertz CT molecular complexity index is 2250. The maximum Gasteiger partial charge on any atom is 0.658 e. The normalized spacial score (nSPS) is 15.0. The highest BCUT2D eigenvalue weighted by Gasteiger charge is 2.50. The van der Waals surface area contributed by atoms with Gasteiger partial charge in [-0.25, -0.2) is 19.2 Å². The first-order valence-corrected chi connectivity index (χ1v) is 23.9. The summed E-state index contributed by atoms with van der Waals surface area (Å²) in [6.45, 7) is 25.4. The van der Waals surface area contributed by atoms with E-state index < -0.39 is 65.7 Å². The number of esters is 2. The molecule has 2 heterocycles. The van der Waals surface area contributed by atoms with Crippen LogP contribution in [-0.4, -0.2) is 122 Å². The monoisotopic (exact) mass is 1030 g/mol. The third-order valence-electron chi connectivity index (χ3n) is 11.0. The molecule has 0 aliphatic carbocycles. The van der Waals surface area contributed by atoms with Crippen molar-refractivity contribution in [1.82, 2.24) is 10.6 Å². The Hall–Kier alpha value is -6.39. The summed E-state index contributed by atoms with van der Waals surface area (Å²) < 4.78 is 52.7. The highest BCUT2D eigenvalue weighted by atomic mass is 16.7. The predicted molar refractivity (Wildman–Crippen MR) is 282 cm³/mol. The number of methoxy groups -OCH3 is 2. The fourth-order valence-corrected chi connectivity index (χ4v) is 5.66. The Balaban J connectivity index is 0.000000392. The summed E-state index contributed by atoms with van der Waals surface area (Å²) in [5.41, 5.74) is -2.42. The Morgan fingerprint density at radius 1 is 0.662 bits per heavy atom. The van der Waals surface area contributed by atoms with Gasteiger partial charge in [0.25, 0.3) is 0 Å². The second-order valence-electron chi connectivity index (χ2n) is 20.9. The molecule has 74 heavy (non-hydrogen) atoms. The fourth-order valence-electron chi connectivity index (χ4n) is 5.66. The molecule has 2 aliphatic heterocycles. The van der Waals surface area contributed by atoms with Gasteiger partial charge in [0.15, 0.2) is 0 Å². The van der Waals surface area contributed by atoms with E-state index in [2.05, 4.69) is 16.6 Å². The van der Waals surface area contributed by atoms with Crippen LogP contribution in [0.15, 0.2) is 84.8 Å². The lowest BCUT2D eigenvalue weighted by Gasteiger charge is -2.32. The number of carbonyl (C=O) groups excluding carboxylic acids is 4. The molecule has 1 saturated heterocycles. The molecule has 0 aromatic heterocycles. The van der Waals surface area contributed by atoms with Crippen molar-refractivity contribution in [2.24, 2.45) is 0 Å². The van der Waals surface area contributed by atoms with E-state index in [4.69, 9.17) is 63.7 Å². The van der Waals surface area contributed by atoms with Crippen LogP contribution in [0.4, 0.5) is 9.59 Å². The van der Waals surface area contributed by atoms with Crippen LogP contribution in [0.25, 0.3) is 0 Å².